The lowest BCUT2D eigenvalue weighted by atomic mass is 9.83. The van der Waals surface area contributed by atoms with Crippen molar-refractivity contribution in [3.05, 3.63) is 70.3 Å². The van der Waals surface area contributed by atoms with Gasteiger partial charge < -0.3 is 0 Å². The lowest BCUT2D eigenvalue weighted by molar-refractivity contribution is 0.764. The average molecular weight is 238 g/mol. The summed E-state index contributed by atoms with van der Waals surface area (Å²) < 4.78 is 0. The standard InChI is InChI=1S/C18H22/c1-5-16(17-11-7-6-9-14(17)3)18-12-8-10-13(2)15(18)4/h6-12,16H,5H2,1-4H3. The van der Waals surface area contributed by atoms with Crippen LogP contribution in [0.1, 0.15) is 47.1 Å². The third-order valence-electron chi connectivity index (χ3n) is 3.99. The van der Waals surface area contributed by atoms with Crippen LogP contribution in [0.2, 0.25) is 0 Å². The number of aryl methyl sites for hydroxylation is 2. The molecule has 0 aromatic heterocycles. The van der Waals surface area contributed by atoms with Crippen LogP contribution >= 0.6 is 0 Å². The van der Waals surface area contributed by atoms with Gasteiger partial charge >= 0.3 is 0 Å². The van der Waals surface area contributed by atoms with E-state index in [0.29, 0.717) is 5.92 Å². The van der Waals surface area contributed by atoms with Crippen molar-refractivity contribution in [2.24, 2.45) is 0 Å². The quantitative estimate of drug-likeness (QED) is 0.693. The van der Waals surface area contributed by atoms with Gasteiger partial charge in [-0.1, -0.05) is 49.4 Å². The van der Waals surface area contributed by atoms with E-state index in [0.717, 1.165) is 6.42 Å². The Balaban J connectivity index is 2.53. The van der Waals surface area contributed by atoms with Crippen LogP contribution in [-0.4, -0.2) is 0 Å². The zero-order valence-electron chi connectivity index (χ0n) is 11.8. The second kappa shape index (κ2) is 5.39. The van der Waals surface area contributed by atoms with Gasteiger partial charge in [-0.25, -0.2) is 0 Å². The molecule has 0 saturated carbocycles. The van der Waals surface area contributed by atoms with E-state index in [1.807, 2.05) is 0 Å². The second-order valence-electron chi connectivity index (χ2n) is 5.11. The lowest BCUT2D eigenvalue weighted by Gasteiger charge is -2.21. The molecule has 0 saturated heterocycles. The van der Waals surface area contributed by atoms with Crippen LogP contribution in [0.15, 0.2) is 42.5 Å². The number of hydrogen-bond donors (Lipinski definition) is 0. The molecule has 2 aromatic carbocycles. The van der Waals surface area contributed by atoms with Gasteiger partial charge in [0, 0.05) is 5.92 Å². The summed E-state index contributed by atoms with van der Waals surface area (Å²) in [5.74, 6) is 0.520. The van der Waals surface area contributed by atoms with Crippen molar-refractivity contribution in [2.45, 2.75) is 40.0 Å². The first-order valence-electron chi connectivity index (χ1n) is 6.76. The highest BCUT2D eigenvalue weighted by Crippen LogP contribution is 2.32. The highest BCUT2D eigenvalue weighted by molar-refractivity contribution is 5.43. The molecule has 0 radical (unpaired) electrons. The summed E-state index contributed by atoms with van der Waals surface area (Å²) in [4.78, 5) is 0. The zero-order chi connectivity index (χ0) is 13.1. The minimum Gasteiger partial charge on any atom is -0.0645 e. The minimum absolute atomic E-state index is 0.520. The van der Waals surface area contributed by atoms with Crippen molar-refractivity contribution in [3.8, 4) is 0 Å². The highest BCUT2D eigenvalue weighted by Gasteiger charge is 2.16. The highest BCUT2D eigenvalue weighted by atomic mass is 14.2. The van der Waals surface area contributed by atoms with Gasteiger partial charge in [-0.3, -0.25) is 0 Å². The summed E-state index contributed by atoms with van der Waals surface area (Å²) in [7, 11) is 0. The Kier molecular flexibility index (Phi) is 3.86. The normalized spacial score (nSPS) is 12.4. The predicted octanol–water partition coefficient (Wildman–Crippen LogP) is 5.15. The third-order valence-corrected chi connectivity index (χ3v) is 3.99. The van der Waals surface area contributed by atoms with E-state index in [1.165, 1.54) is 27.8 Å². The molecule has 1 atom stereocenters. The monoisotopic (exact) mass is 238 g/mol. The molecule has 2 aromatic rings. The molecule has 2 rings (SSSR count). The largest absolute Gasteiger partial charge is 0.0645 e. The van der Waals surface area contributed by atoms with Gasteiger partial charge in [-0.05, 0) is 55.0 Å². The van der Waals surface area contributed by atoms with Crippen LogP contribution in [0.3, 0.4) is 0 Å². The van der Waals surface area contributed by atoms with Gasteiger partial charge in [0.2, 0.25) is 0 Å². The van der Waals surface area contributed by atoms with Gasteiger partial charge in [0.15, 0.2) is 0 Å². The van der Waals surface area contributed by atoms with Crippen LogP contribution in [0, 0.1) is 20.8 Å². The topological polar surface area (TPSA) is 0 Å². The van der Waals surface area contributed by atoms with E-state index < -0.39 is 0 Å². The molecule has 94 valence electrons. The fourth-order valence-corrected chi connectivity index (χ4v) is 2.74. The Morgan fingerprint density at radius 2 is 1.39 bits per heavy atom. The molecule has 0 amide bonds. The maximum absolute atomic E-state index is 2.28. The molecule has 18 heavy (non-hydrogen) atoms. The first-order chi connectivity index (χ1) is 8.65. The summed E-state index contributed by atoms with van der Waals surface area (Å²) >= 11 is 0. The lowest BCUT2D eigenvalue weighted by Crippen LogP contribution is -2.04. The Morgan fingerprint density at radius 1 is 0.778 bits per heavy atom. The molecule has 0 bridgehead atoms. The average Bonchev–Trinajstić information content (AvgIpc) is 2.37. The SMILES string of the molecule is CCC(c1ccccc1C)c1cccc(C)c1C. The molecule has 0 aliphatic heterocycles. The Morgan fingerprint density at radius 3 is 2.06 bits per heavy atom. The number of rotatable bonds is 3. The summed E-state index contributed by atoms with van der Waals surface area (Å²) in [5, 5.41) is 0. The fourth-order valence-electron chi connectivity index (χ4n) is 2.74. The van der Waals surface area contributed by atoms with E-state index in [4.69, 9.17) is 0 Å². The van der Waals surface area contributed by atoms with Gasteiger partial charge in [0.25, 0.3) is 0 Å². The molecular weight excluding hydrogens is 216 g/mol. The van der Waals surface area contributed by atoms with Gasteiger partial charge in [0.1, 0.15) is 0 Å². The second-order valence-corrected chi connectivity index (χ2v) is 5.11. The fraction of sp³-hybridized carbons (Fsp3) is 0.333. The van der Waals surface area contributed by atoms with Crippen molar-refractivity contribution in [3.63, 3.8) is 0 Å². The van der Waals surface area contributed by atoms with E-state index in [2.05, 4.69) is 70.2 Å². The predicted molar refractivity (Wildman–Crippen MR) is 79.2 cm³/mol. The van der Waals surface area contributed by atoms with Crippen LogP contribution in [0.4, 0.5) is 0 Å². The van der Waals surface area contributed by atoms with Crippen molar-refractivity contribution < 1.29 is 0 Å². The number of hydrogen-bond acceptors (Lipinski definition) is 0. The van der Waals surface area contributed by atoms with Crippen LogP contribution in [0.5, 0.6) is 0 Å². The van der Waals surface area contributed by atoms with E-state index in [9.17, 15) is 0 Å². The molecule has 0 aliphatic carbocycles. The van der Waals surface area contributed by atoms with Crippen molar-refractivity contribution in [1.82, 2.24) is 0 Å². The molecule has 0 fully saturated rings. The van der Waals surface area contributed by atoms with Gasteiger partial charge in [-0.15, -0.1) is 0 Å². The first-order valence-corrected chi connectivity index (χ1v) is 6.76. The van der Waals surface area contributed by atoms with Crippen LogP contribution in [0.25, 0.3) is 0 Å². The molecule has 0 nitrogen and oxygen atoms in total. The zero-order valence-corrected chi connectivity index (χ0v) is 11.8. The molecular formula is C18H22. The molecule has 0 spiro atoms. The van der Waals surface area contributed by atoms with Gasteiger partial charge in [-0.2, -0.15) is 0 Å². The van der Waals surface area contributed by atoms with E-state index in [1.54, 1.807) is 0 Å². The Labute approximate surface area is 111 Å². The molecule has 0 N–H and O–H groups in total. The Hall–Kier alpha value is -1.56. The van der Waals surface area contributed by atoms with E-state index >= 15 is 0 Å². The third kappa shape index (κ3) is 2.33. The summed E-state index contributed by atoms with van der Waals surface area (Å²) in [5.41, 5.74) is 7.16. The van der Waals surface area contributed by atoms with Crippen LogP contribution in [-0.2, 0) is 0 Å². The number of benzene rings is 2. The van der Waals surface area contributed by atoms with Crippen molar-refractivity contribution >= 4 is 0 Å². The summed E-state index contributed by atoms with van der Waals surface area (Å²) in [6.45, 7) is 8.93. The molecule has 0 aliphatic rings. The van der Waals surface area contributed by atoms with Crippen molar-refractivity contribution in [2.75, 3.05) is 0 Å². The maximum Gasteiger partial charge on any atom is 0.00920 e. The first kappa shape index (κ1) is 12.9. The molecule has 0 heteroatoms. The van der Waals surface area contributed by atoms with Gasteiger partial charge in [0.05, 0.1) is 0 Å². The van der Waals surface area contributed by atoms with Crippen molar-refractivity contribution in [1.29, 1.82) is 0 Å². The smallest absolute Gasteiger partial charge is 0.00920 e. The minimum atomic E-state index is 0.520. The van der Waals surface area contributed by atoms with E-state index in [-0.39, 0.29) is 0 Å². The summed E-state index contributed by atoms with van der Waals surface area (Å²) in [6.07, 6.45) is 1.15. The molecule has 1 unspecified atom stereocenters. The Bertz CT molecular complexity index is 537. The molecule has 0 heterocycles. The van der Waals surface area contributed by atoms with Crippen LogP contribution < -0.4 is 0 Å². The maximum atomic E-state index is 2.28. The summed E-state index contributed by atoms with van der Waals surface area (Å²) in [6, 6.07) is 15.4.